The molecular formula is C22H22FN5O2. The Labute approximate surface area is 173 Å². The Kier molecular flexibility index (Phi) is 5.22. The molecule has 0 saturated carbocycles. The molecule has 0 bridgehead atoms. The molecule has 3 aromatic rings. The summed E-state index contributed by atoms with van der Waals surface area (Å²) in [5.41, 5.74) is 8.83. The lowest BCUT2D eigenvalue weighted by Gasteiger charge is -2.37. The molecule has 1 aliphatic rings. The van der Waals surface area contributed by atoms with Crippen LogP contribution < -0.4 is 11.1 Å². The summed E-state index contributed by atoms with van der Waals surface area (Å²) in [4.78, 5) is 34.9. The summed E-state index contributed by atoms with van der Waals surface area (Å²) in [5, 5.41) is 2.73. The molecule has 30 heavy (non-hydrogen) atoms. The fourth-order valence-electron chi connectivity index (χ4n) is 3.80. The number of fused-ring (bicyclic) bond motifs is 1. The Hall–Kier alpha value is -3.68. The number of nitrogens with zero attached hydrogens (tertiary/aromatic N) is 2. The number of amides is 2. The largest absolute Gasteiger partial charge is 0.399 e. The van der Waals surface area contributed by atoms with Crippen LogP contribution in [0, 0.1) is 5.82 Å². The van der Waals surface area contributed by atoms with Gasteiger partial charge in [-0.2, -0.15) is 0 Å². The number of benzene rings is 2. The van der Waals surface area contributed by atoms with E-state index < -0.39 is 12.1 Å². The first-order valence-electron chi connectivity index (χ1n) is 9.68. The second-order valence-electron chi connectivity index (χ2n) is 7.33. The van der Waals surface area contributed by atoms with Crippen molar-refractivity contribution in [2.75, 3.05) is 12.3 Å². The van der Waals surface area contributed by atoms with E-state index in [0.717, 1.165) is 5.69 Å². The third-order valence-electron chi connectivity index (χ3n) is 5.24. The van der Waals surface area contributed by atoms with Gasteiger partial charge in [0.15, 0.2) is 0 Å². The molecule has 0 saturated heterocycles. The van der Waals surface area contributed by atoms with E-state index >= 15 is 0 Å². The number of nitrogens with two attached hydrogens (primary N) is 1. The zero-order valence-electron chi connectivity index (χ0n) is 16.4. The maximum absolute atomic E-state index is 13.9. The SMILES string of the molecule is CC(NC(=O)c1cccc(N)c1)C(=O)N1CCc2[nH]cnc2C1c1cccc(F)c1. The highest BCUT2D eigenvalue weighted by Gasteiger charge is 2.36. The molecule has 154 valence electrons. The van der Waals surface area contributed by atoms with E-state index in [1.807, 2.05) is 0 Å². The normalized spacial score (nSPS) is 16.6. The summed E-state index contributed by atoms with van der Waals surface area (Å²) in [6.07, 6.45) is 2.18. The number of imidazole rings is 1. The molecule has 1 aliphatic heterocycles. The summed E-state index contributed by atoms with van der Waals surface area (Å²) in [7, 11) is 0. The molecule has 1 aromatic heterocycles. The highest BCUT2D eigenvalue weighted by molar-refractivity contribution is 5.98. The third kappa shape index (κ3) is 3.76. The Balaban J connectivity index is 1.59. The summed E-state index contributed by atoms with van der Waals surface area (Å²) in [6, 6.07) is 11.4. The predicted octanol–water partition coefficient (Wildman–Crippen LogP) is 2.42. The fraction of sp³-hybridized carbons (Fsp3) is 0.227. The number of hydrogen-bond acceptors (Lipinski definition) is 4. The number of nitrogens with one attached hydrogen (secondary N) is 2. The molecule has 4 rings (SSSR count). The lowest BCUT2D eigenvalue weighted by Crippen LogP contribution is -2.50. The number of rotatable bonds is 4. The second-order valence-corrected chi connectivity index (χ2v) is 7.33. The summed E-state index contributed by atoms with van der Waals surface area (Å²) < 4.78 is 13.9. The smallest absolute Gasteiger partial charge is 0.251 e. The van der Waals surface area contributed by atoms with Gasteiger partial charge in [-0.1, -0.05) is 18.2 Å². The summed E-state index contributed by atoms with van der Waals surface area (Å²) >= 11 is 0. The van der Waals surface area contributed by atoms with Crippen molar-refractivity contribution < 1.29 is 14.0 Å². The van der Waals surface area contributed by atoms with E-state index in [1.165, 1.54) is 12.1 Å². The van der Waals surface area contributed by atoms with Crippen molar-refractivity contribution in [1.82, 2.24) is 20.2 Å². The Morgan fingerprint density at radius 1 is 1.27 bits per heavy atom. The van der Waals surface area contributed by atoms with E-state index in [-0.39, 0.29) is 17.6 Å². The molecule has 2 amide bonds. The van der Waals surface area contributed by atoms with Gasteiger partial charge >= 0.3 is 0 Å². The number of hydrogen-bond donors (Lipinski definition) is 3. The van der Waals surface area contributed by atoms with Gasteiger partial charge in [0.25, 0.3) is 5.91 Å². The number of H-pyrrole nitrogens is 1. The fourth-order valence-corrected chi connectivity index (χ4v) is 3.80. The summed E-state index contributed by atoms with van der Waals surface area (Å²) in [5.74, 6) is -1.04. The Bertz CT molecular complexity index is 1100. The van der Waals surface area contributed by atoms with Crippen molar-refractivity contribution in [3.05, 3.63) is 83.2 Å². The van der Waals surface area contributed by atoms with E-state index in [1.54, 1.807) is 54.5 Å². The minimum absolute atomic E-state index is 0.268. The van der Waals surface area contributed by atoms with E-state index in [9.17, 15) is 14.0 Å². The molecular weight excluding hydrogens is 385 g/mol. The zero-order chi connectivity index (χ0) is 21.3. The van der Waals surface area contributed by atoms with E-state index in [2.05, 4.69) is 15.3 Å². The lowest BCUT2D eigenvalue weighted by atomic mass is 9.95. The number of aromatic nitrogens is 2. The van der Waals surface area contributed by atoms with Gasteiger partial charge in [-0.15, -0.1) is 0 Å². The summed E-state index contributed by atoms with van der Waals surface area (Å²) in [6.45, 7) is 2.06. The van der Waals surface area contributed by atoms with Gasteiger partial charge in [0.2, 0.25) is 5.91 Å². The van der Waals surface area contributed by atoms with Gasteiger partial charge in [-0.05, 0) is 42.8 Å². The van der Waals surface area contributed by atoms with Crippen molar-refractivity contribution in [2.24, 2.45) is 0 Å². The maximum atomic E-state index is 13.9. The average molecular weight is 407 g/mol. The molecule has 2 aromatic carbocycles. The van der Waals surface area contributed by atoms with Crippen molar-refractivity contribution in [1.29, 1.82) is 0 Å². The number of halogens is 1. The molecule has 0 aliphatic carbocycles. The standard InChI is InChI=1S/C22H22FN5O2/c1-13(27-21(29)15-5-3-7-17(24)11-15)22(30)28-9-8-18-19(26-12-25-18)20(28)14-4-2-6-16(23)10-14/h2-7,10-13,20H,8-9,24H2,1H3,(H,25,26)(H,27,29). The predicted molar refractivity (Wildman–Crippen MR) is 110 cm³/mol. The number of carbonyl (C=O) groups is 2. The van der Waals surface area contributed by atoms with Crippen molar-refractivity contribution >= 4 is 17.5 Å². The van der Waals surface area contributed by atoms with Gasteiger partial charge in [0.1, 0.15) is 17.9 Å². The first kappa shape index (κ1) is 19.6. The molecule has 2 heterocycles. The van der Waals surface area contributed by atoms with Crippen LogP contribution in [0.3, 0.4) is 0 Å². The Morgan fingerprint density at radius 2 is 2.07 bits per heavy atom. The zero-order valence-corrected chi connectivity index (χ0v) is 16.4. The molecule has 2 unspecified atom stereocenters. The lowest BCUT2D eigenvalue weighted by molar-refractivity contribution is -0.135. The molecule has 7 nitrogen and oxygen atoms in total. The number of carbonyl (C=O) groups excluding carboxylic acids is 2. The number of nitrogen functional groups attached to an aromatic ring is 1. The van der Waals surface area contributed by atoms with Gasteiger partial charge in [0, 0.05) is 29.9 Å². The van der Waals surface area contributed by atoms with Gasteiger partial charge in [-0.25, -0.2) is 9.37 Å². The van der Waals surface area contributed by atoms with Gasteiger partial charge < -0.3 is 20.9 Å². The quantitative estimate of drug-likeness (QED) is 0.578. The minimum atomic E-state index is -0.782. The second kappa shape index (κ2) is 7.98. The van der Waals surface area contributed by atoms with Crippen LogP contribution >= 0.6 is 0 Å². The van der Waals surface area contributed by atoms with Gasteiger partial charge in [-0.3, -0.25) is 9.59 Å². The first-order valence-corrected chi connectivity index (χ1v) is 9.68. The molecule has 8 heteroatoms. The van der Waals surface area contributed by atoms with Crippen LogP contribution in [0.2, 0.25) is 0 Å². The van der Waals surface area contributed by atoms with Crippen molar-refractivity contribution in [3.8, 4) is 0 Å². The highest BCUT2D eigenvalue weighted by atomic mass is 19.1. The average Bonchev–Trinajstić information content (AvgIpc) is 3.21. The van der Waals surface area contributed by atoms with Crippen LogP contribution in [0.5, 0.6) is 0 Å². The molecule has 2 atom stereocenters. The molecule has 4 N–H and O–H groups in total. The molecule has 0 radical (unpaired) electrons. The van der Waals surface area contributed by atoms with Crippen LogP contribution in [-0.4, -0.2) is 39.3 Å². The molecule has 0 spiro atoms. The monoisotopic (exact) mass is 407 g/mol. The first-order chi connectivity index (χ1) is 14.4. The van der Waals surface area contributed by atoms with E-state index in [4.69, 9.17) is 5.73 Å². The Morgan fingerprint density at radius 3 is 2.83 bits per heavy atom. The van der Waals surface area contributed by atoms with Gasteiger partial charge in [0.05, 0.1) is 12.0 Å². The third-order valence-corrected chi connectivity index (χ3v) is 5.24. The highest BCUT2D eigenvalue weighted by Crippen LogP contribution is 2.34. The number of aromatic amines is 1. The van der Waals surface area contributed by atoms with E-state index in [0.29, 0.717) is 35.5 Å². The van der Waals surface area contributed by atoms with Crippen molar-refractivity contribution in [3.63, 3.8) is 0 Å². The van der Waals surface area contributed by atoms with Crippen LogP contribution in [0.1, 0.15) is 40.3 Å². The van der Waals surface area contributed by atoms with Crippen LogP contribution in [0.4, 0.5) is 10.1 Å². The minimum Gasteiger partial charge on any atom is -0.399 e. The number of anilines is 1. The maximum Gasteiger partial charge on any atom is 0.251 e. The van der Waals surface area contributed by atoms with Crippen LogP contribution in [-0.2, 0) is 11.2 Å². The topological polar surface area (TPSA) is 104 Å². The van der Waals surface area contributed by atoms with Crippen molar-refractivity contribution in [2.45, 2.75) is 25.4 Å². The van der Waals surface area contributed by atoms with Crippen LogP contribution in [0.15, 0.2) is 54.9 Å². The van der Waals surface area contributed by atoms with Crippen LogP contribution in [0.25, 0.3) is 0 Å². The molecule has 0 fully saturated rings.